The smallest absolute Gasteiger partial charge is 0.0133 e. The molecule has 0 unspecified atom stereocenters. The lowest BCUT2D eigenvalue weighted by molar-refractivity contribution is -0.0191. The van der Waals surface area contributed by atoms with Gasteiger partial charge in [0.2, 0.25) is 0 Å². The fourth-order valence-corrected chi connectivity index (χ4v) is 3.17. The highest BCUT2D eigenvalue weighted by atomic mass is 15.6. The quantitative estimate of drug-likeness (QED) is 0.231. The lowest BCUT2D eigenvalue weighted by atomic mass is 10.1. The van der Waals surface area contributed by atoms with Gasteiger partial charge in [0.05, 0.1) is 0 Å². The molecule has 0 aliphatic rings. The van der Waals surface area contributed by atoms with Crippen LogP contribution in [0.15, 0.2) is 0 Å². The second kappa shape index (κ2) is 17.3. The fourth-order valence-electron chi connectivity index (χ4n) is 3.17. The van der Waals surface area contributed by atoms with Gasteiger partial charge in [-0.25, -0.2) is 10.0 Å². The molecule has 0 radical (unpaired) electrons. The standard InChI is InChI=1S/C20H44N2/c1-5-9-11-13-15-17-19-22(21(7-3)8-4)20-18-16-14-12-10-6-2/h5-20H2,1-4H3. The van der Waals surface area contributed by atoms with Crippen molar-refractivity contribution in [2.24, 2.45) is 0 Å². The minimum absolute atomic E-state index is 1.15. The molecule has 0 rings (SSSR count). The molecule has 0 aliphatic heterocycles. The van der Waals surface area contributed by atoms with Crippen molar-refractivity contribution < 1.29 is 0 Å². The minimum atomic E-state index is 1.15. The van der Waals surface area contributed by atoms with E-state index in [0.717, 1.165) is 13.1 Å². The van der Waals surface area contributed by atoms with Crippen LogP contribution in [-0.4, -0.2) is 36.2 Å². The van der Waals surface area contributed by atoms with Crippen molar-refractivity contribution in [2.75, 3.05) is 26.2 Å². The van der Waals surface area contributed by atoms with Crippen LogP contribution in [0, 0.1) is 0 Å². The summed E-state index contributed by atoms with van der Waals surface area (Å²) in [6.07, 6.45) is 16.8. The van der Waals surface area contributed by atoms with E-state index in [9.17, 15) is 0 Å². The van der Waals surface area contributed by atoms with Crippen molar-refractivity contribution in [2.45, 2.75) is 105 Å². The Bertz CT molecular complexity index is 186. The van der Waals surface area contributed by atoms with Crippen molar-refractivity contribution in [3.63, 3.8) is 0 Å². The molecule has 2 nitrogen and oxygen atoms in total. The molecule has 0 aromatic heterocycles. The monoisotopic (exact) mass is 312 g/mol. The van der Waals surface area contributed by atoms with Gasteiger partial charge in [-0.1, -0.05) is 91.9 Å². The third-order valence-corrected chi connectivity index (χ3v) is 4.67. The molecule has 0 amide bonds. The van der Waals surface area contributed by atoms with Crippen LogP contribution in [0.3, 0.4) is 0 Å². The van der Waals surface area contributed by atoms with Crippen LogP contribution in [0.2, 0.25) is 0 Å². The molecule has 0 N–H and O–H groups in total. The van der Waals surface area contributed by atoms with Gasteiger partial charge >= 0.3 is 0 Å². The Labute approximate surface area is 141 Å². The summed E-state index contributed by atoms with van der Waals surface area (Å²) in [5, 5.41) is 5.18. The summed E-state index contributed by atoms with van der Waals surface area (Å²) in [6.45, 7) is 14.0. The van der Waals surface area contributed by atoms with Gasteiger partial charge in [0.15, 0.2) is 0 Å². The summed E-state index contributed by atoms with van der Waals surface area (Å²) in [4.78, 5) is 0. The zero-order valence-corrected chi connectivity index (χ0v) is 16.2. The Hall–Kier alpha value is -0.0800. The molecular weight excluding hydrogens is 268 g/mol. The number of nitrogens with zero attached hydrogens (tertiary/aromatic N) is 2. The van der Waals surface area contributed by atoms with Gasteiger partial charge in [0.1, 0.15) is 0 Å². The van der Waals surface area contributed by atoms with E-state index >= 15 is 0 Å². The maximum atomic E-state index is 2.64. The number of hydrazine groups is 1. The first-order valence-corrected chi connectivity index (χ1v) is 10.3. The van der Waals surface area contributed by atoms with Gasteiger partial charge in [-0.3, -0.25) is 0 Å². The largest absolute Gasteiger partial charge is 0.242 e. The van der Waals surface area contributed by atoms with Crippen LogP contribution in [0.4, 0.5) is 0 Å². The molecule has 0 heterocycles. The first kappa shape index (κ1) is 21.9. The van der Waals surface area contributed by atoms with Gasteiger partial charge in [0.25, 0.3) is 0 Å². The van der Waals surface area contributed by atoms with Crippen LogP contribution in [0.5, 0.6) is 0 Å². The number of hydrogen-bond acceptors (Lipinski definition) is 2. The lowest BCUT2D eigenvalue weighted by Crippen LogP contribution is -2.43. The Kier molecular flexibility index (Phi) is 17.2. The summed E-state index contributed by atoms with van der Waals surface area (Å²) in [7, 11) is 0. The first-order valence-electron chi connectivity index (χ1n) is 10.3. The average Bonchev–Trinajstić information content (AvgIpc) is 2.54. The Morgan fingerprint density at radius 2 is 0.773 bits per heavy atom. The predicted molar refractivity (Wildman–Crippen MR) is 101 cm³/mol. The maximum absolute atomic E-state index is 2.64. The van der Waals surface area contributed by atoms with Gasteiger partial charge < -0.3 is 0 Å². The van der Waals surface area contributed by atoms with Crippen molar-refractivity contribution in [1.82, 2.24) is 10.0 Å². The van der Waals surface area contributed by atoms with E-state index in [4.69, 9.17) is 0 Å². The SMILES string of the molecule is CCCCCCCCN(CCCCCCCC)N(CC)CC. The number of hydrogen-bond donors (Lipinski definition) is 0. The topological polar surface area (TPSA) is 6.48 Å². The van der Waals surface area contributed by atoms with Crippen LogP contribution in [0.1, 0.15) is 105 Å². The highest BCUT2D eigenvalue weighted by Crippen LogP contribution is 2.10. The van der Waals surface area contributed by atoms with E-state index in [-0.39, 0.29) is 0 Å². The van der Waals surface area contributed by atoms with E-state index in [1.165, 1.54) is 90.1 Å². The molecule has 0 atom stereocenters. The van der Waals surface area contributed by atoms with Gasteiger partial charge in [-0.2, -0.15) is 0 Å². The summed E-state index contributed by atoms with van der Waals surface area (Å²) >= 11 is 0. The van der Waals surface area contributed by atoms with Gasteiger partial charge in [-0.05, 0) is 12.8 Å². The summed E-state index contributed by atoms with van der Waals surface area (Å²) in [6, 6.07) is 0. The third kappa shape index (κ3) is 12.5. The van der Waals surface area contributed by atoms with Crippen molar-refractivity contribution >= 4 is 0 Å². The molecular formula is C20H44N2. The van der Waals surface area contributed by atoms with Crippen molar-refractivity contribution in [3.05, 3.63) is 0 Å². The van der Waals surface area contributed by atoms with E-state index < -0.39 is 0 Å². The second-order valence-electron chi connectivity index (χ2n) is 6.63. The number of unbranched alkanes of at least 4 members (excludes halogenated alkanes) is 10. The van der Waals surface area contributed by atoms with Crippen LogP contribution >= 0.6 is 0 Å². The van der Waals surface area contributed by atoms with E-state index in [0.29, 0.717) is 0 Å². The van der Waals surface area contributed by atoms with E-state index in [1.54, 1.807) is 0 Å². The zero-order valence-electron chi connectivity index (χ0n) is 16.2. The molecule has 22 heavy (non-hydrogen) atoms. The van der Waals surface area contributed by atoms with Crippen molar-refractivity contribution in [3.8, 4) is 0 Å². The summed E-state index contributed by atoms with van der Waals surface area (Å²) in [5.41, 5.74) is 0. The third-order valence-electron chi connectivity index (χ3n) is 4.67. The molecule has 0 aromatic rings. The van der Waals surface area contributed by atoms with Crippen molar-refractivity contribution in [1.29, 1.82) is 0 Å². The molecule has 0 spiro atoms. The van der Waals surface area contributed by atoms with E-state index in [1.807, 2.05) is 0 Å². The molecule has 134 valence electrons. The maximum Gasteiger partial charge on any atom is 0.0133 e. The molecule has 0 saturated heterocycles. The predicted octanol–water partition coefficient (Wildman–Crippen LogP) is 6.27. The summed E-state index contributed by atoms with van der Waals surface area (Å²) < 4.78 is 0. The minimum Gasteiger partial charge on any atom is -0.242 e. The van der Waals surface area contributed by atoms with Gasteiger partial charge in [0, 0.05) is 26.2 Å². The van der Waals surface area contributed by atoms with Gasteiger partial charge in [-0.15, -0.1) is 0 Å². The van der Waals surface area contributed by atoms with E-state index in [2.05, 4.69) is 37.7 Å². The number of rotatable bonds is 17. The molecule has 0 saturated carbocycles. The van der Waals surface area contributed by atoms with Crippen LogP contribution in [0.25, 0.3) is 0 Å². The lowest BCUT2D eigenvalue weighted by Gasteiger charge is -2.33. The second-order valence-corrected chi connectivity index (χ2v) is 6.63. The normalized spacial score (nSPS) is 11.7. The Morgan fingerprint density at radius 1 is 0.409 bits per heavy atom. The Balaban J connectivity index is 3.85. The molecule has 0 aliphatic carbocycles. The first-order chi connectivity index (χ1) is 10.8. The van der Waals surface area contributed by atoms with Crippen LogP contribution in [-0.2, 0) is 0 Å². The molecule has 0 bridgehead atoms. The highest BCUT2D eigenvalue weighted by molar-refractivity contribution is 4.58. The fraction of sp³-hybridized carbons (Fsp3) is 1.00. The molecule has 2 heteroatoms. The van der Waals surface area contributed by atoms with Crippen LogP contribution < -0.4 is 0 Å². The Morgan fingerprint density at radius 3 is 1.14 bits per heavy atom. The average molecular weight is 313 g/mol. The highest BCUT2D eigenvalue weighted by Gasteiger charge is 2.11. The molecule has 0 fully saturated rings. The molecule has 0 aromatic carbocycles. The summed E-state index contributed by atoms with van der Waals surface area (Å²) in [5.74, 6) is 0. The zero-order chi connectivity index (χ0) is 16.5.